The fourth-order valence-corrected chi connectivity index (χ4v) is 2.17. The van der Waals surface area contributed by atoms with E-state index in [4.69, 9.17) is 9.47 Å². The van der Waals surface area contributed by atoms with Crippen molar-refractivity contribution in [1.82, 2.24) is 5.43 Å². The summed E-state index contributed by atoms with van der Waals surface area (Å²) in [4.78, 5) is 28.3. The number of amidine groups is 1. The summed E-state index contributed by atoms with van der Waals surface area (Å²) in [6, 6.07) is 15.7. The van der Waals surface area contributed by atoms with Gasteiger partial charge in [-0.2, -0.15) is 0 Å². The van der Waals surface area contributed by atoms with Crippen LogP contribution in [0.5, 0.6) is 11.5 Å². The zero-order valence-electron chi connectivity index (χ0n) is 12.9. The van der Waals surface area contributed by atoms with Gasteiger partial charge in [-0.15, -0.1) is 0 Å². The number of para-hydroxylation sites is 3. The van der Waals surface area contributed by atoms with Crippen molar-refractivity contribution in [2.75, 3.05) is 18.7 Å². The van der Waals surface area contributed by atoms with Crippen molar-refractivity contribution in [1.29, 1.82) is 0 Å². The molecule has 1 N–H and O–H groups in total. The SMILES string of the molecule is COc1ccccc1OC(=O)C1=NCC(=O)N(c2ccccc2)N1. The van der Waals surface area contributed by atoms with E-state index in [0.717, 1.165) is 0 Å². The van der Waals surface area contributed by atoms with E-state index in [0.29, 0.717) is 11.4 Å². The van der Waals surface area contributed by atoms with Crippen LogP contribution in [0.4, 0.5) is 5.69 Å². The molecule has 0 unspecified atom stereocenters. The fourth-order valence-electron chi connectivity index (χ4n) is 2.17. The highest BCUT2D eigenvalue weighted by Crippen LogP contribution is 2.26. The van der Waals surface area contributed by atoms with Crippen molar-refractivity contribution < 1.29 is 19.1 Å². The van der Waals surface area contributed by atoms with Gasteiger partial charge in [0.25, 0.3) is 5.91 Å². The van der Waals surface area contributed by atoms with Crippen LogP contribution >= 0.6 is 0 Å². The first kappa shape index (κ1) is 15.5. The molecule has 1 aliphatic heterocycles. The average molecular weight is 325 g/mol. The van der Waals surface area contributed by atoms with E-state index in [1.807, 2.05) is 6.07 Å². The normalized spacial score (nSPS) is 13.8. The summed E-state index contributed by atoms with van der Waals surface area (Å²) in [5.41, 5.74) is 3.31. The third-order valence-corrected chi connectivity index (χ3v) is 3.32. The second-order valence-corrected chi connectivity index (χ2v) is 4.88. The zero-order valence-corrected chi connectivity index (χ0v) is 12.9. The van der Waals surface area contributed by atoms with Crippen molar-refractivity contribution >= 4 is 23.4 Å². The quantitative estimate of drug-likeness (QED) is 0.681. The smallest absolute Gasteiger partial charge is 0.380 e. The van der Waals surface area contributed by atoms with E-state index < -0.39 is 5.97 Å². The van der Waals surface area contributed by atoms with Gasteiger partial charge in [-0.25, -0.2) is 9.80 Å². The second kappa shape index (κ2) is 6.82. The number of nitrogens with one attached hydrogen (secondary N) is 1. The molecule has 0 fully saturated rings. The first-order valence-corrected chi connectivity index (χ1v) is 7.23. The molecule has 0 saturated carbocycles. The standard InChI is InChI=1S/C17H15N3O4/c1-23-13-9-5-6-10-14(13)24-17(22)16-18-11-15(21)20(19-16)12-7-3-2-4-8-12/h2-10H,11H2,1H3,(H,18,19). The third kappa shape index (κ3) is 3.19. The molecular weight excluding hydrogens is 310 g/mol. The van der Waals surface area contributed by atoms with E-state index >= 15 is 0 Å². The molecule has 1 amide bonds. The van der Waals surface area contributed by atoms with Crippen LogP contribution in [0.15, 0.2) is 59.6 Å². The second-order valence-electron chi connectivity index (χ2n) is 4.88. The molecule has 0 aliphatic carbocycles. The van der Waals surface area contributed by atoms with E-state index in [9.17, 15) is 9.59 Å². The van der Waals surface area contributed by atoms with Gasteiger partial charge in [-0.3, -0.25) is 15.2 Å². The lowest BCUT2D eigenvalue weighted by atomic mass is 10.3. The van der Waals surface area contributed by atoms with E-state index in [-0.39, 0.29) is 24.0 Å². The van der Waals surface area contributed by atoms with Gasteiger partial charge in [0.05, 0.1) is 12.8 Å². The van der Waals surface area contributed by atoms with Gasteiger partial charge in [0.2, 0.25) is 5.84 Å². The van der Waals surface area contributed by atoms with E-state index in [1.165, 1.54) is 12.1 Å². The number of ether oxygens (including phenoxy) is 2. The number of aliphatic imine (C=N–C) groups is 1. The number of anilines is 1. The molecule has 0 aromatic heterocycles. The average Bonchev–Trinajstić information content (AvgIpc) is 2.63. The van der Waals surface area contributed by atoms with Gasteiger partial charge in [-0.1, -0.05) is 30.3 Å². The molecule has 24 heavy (non-hydrogen) atoms. The number of hydrogen-bond acceptors (Lipinski definition) is 6. The monoisotopic (exact) mass is 325 g/mol. The highest BCUT2D eigenvalue weighted by Gasteiger charge is 2.27. The predicted octanol–water partition coefficient (Wildman–Crippen LogP) is 1.55. The summed E-state index contributed by atoms with van der Waals surface area (Å²) in [5, 5.41) is 1.27. The Labute approximate surface area is 138 Å². The number of esters is 1. The highest BCUT2D eigenvalue weighted by molar-refractivity contribution is 6.37. The Morgan fingerprint density at radius 3 is 2.46 bits per heavy atom. The van der Waals surface area contributed by atoms with Gasteiger partial charge in [-0.05, 0) is 24.3 Å². The number of nitrogens with zero attached hydrogens (tertiary/aromatic N) is 2. The summed E-state index contributed by atoms with van der Waals surface area (Å²) in [5.74, 6) is -0.316. The van der Waals surface area contributed by atoms with E-state index in [2.05, 4.69) is 10.4 Å². The summed E-state index contributed by atoms with van der Waals surface area (Å²) >= 11 is 0. The maximum atomic E-state index is 12.3. The summed E-state index contributed by atoms with van der Waals surface area (Å²) in [7, 11) is 1.48. The largest absolute Gasteiger partial charge is 0.493 e. The van der Waals surface area contributed by atoms with Crippen LogP contribution in [0.2, 0.25) is 0 Å². The Morgan fingerprint density at radius 2 is 1.75 bits per heavy atom. The van der Waals surface area contributed by atoms with Crippen molar-refractivity contribution in [2.24, 2.45) is 4.99 Å². The number of methoxy groups -OCH3 is 1. The van der Waals surface area contributed by atoms with Gasteiger partial charge in [0.15, 0.2) is 11.5 Å². The Balaban J connectivity index is 1.77. The molecule has 0 bridgehead atoms. The van der Waals surface area contributed by atoms with Crippen LogP contribution in [0.1, 0.15) is 0 Å². The minimum atomic E-state index is -0.701. The maximum Gasteiger partial charge on any atom is 0.380 e. The molecular formula is C17H15N3O4. The highest BCUT2D eigenvalue weighted by atomic mass is 16.6. The Kier molecular flexibility index (Phi) is 4.42. The lowest BCUT2D eigenvalue weighted by Crippen LogP contribution is -2.54. The Bertz CT molecular complexity index is 789. The number of hydrogen-bond donors (Lipinski definition) is 1. The lowest BCUT2D eigenvalue weighted by Gasteiger charge is -2.27. The van der Waals surface area contributed by atoms with Crippen LogP contribution in [-0.4, -0.2) is 31.4 Å². The molecule has 2 aromatic rings. The van der Waals surface area contributed by atoms with Crippen LogP contribution in [-0.2, 0) is 9.59 Å². The molecule has 7 nitrogen and oxygen atoms in total. The molecule has 3 rings (SSSR count). The molecule has 7 heteroatoms. The van der Waals surface area contributed by atoms with Gasteiger partial charge < -0.3 is 9.47 Å². The Hall–Kier alpha value is -3.35. The van der Waals surface area contributed by atoms with Gasteiger partial charge >= 0.3 is 5.97 Å². The predicted molar refractivity (Wildman–Crippen MR) is 88.0 cm³/mol. The van der Waals surface area contributed by atoms with E-state index in [1.54, 1.807) is 48.5 Å². The number of benzene rings is 2. The summed E-state index contributed by atoms with van der Waals surface area (Å²) < 4.78 is 10.4. The van der Waals surface area contributed by atoms with Crippen LogP contribution in [0.3, 0.4) is 0 Å². The van der Waals surface area contributed by atoms with Crippen molar-refractivity contribution in [3.05, 3.63) is 54.6 Å². The third-order valence-electron chi connectivity index (χ3n) is 3.32. The van der Waals surface area contributed by atoms with Crippen molar-refractivity contribution in [2.45, 2.75) is 0 Å². The molecule has 1 heterocycles. The topological polar surface area (TPSA) is 80.2 Å². The number of amides is 1. The van der Waals surface area contributed by atoms with Gasteiger partial charge in [0, 0.05) is 0 Å². The molecule has 0 atom stereocenters. The van der Waals surface area contributed by atoms with Crippen LogP contribution in [0.25, 0.3) is 0 Å². The first-order chi connectivity index (χ1) is 11.7. The molecule has 122 valence electrons. The number of carbonyl (C=O) groups excluding carboxylic acids is 2. The number of hydrazine groups is 1. The molecule has 0 radical (unpaired) electrons. The number of rotatable bonds is 4. The molecule has 2 aromatic carbocycles. The van der Waals surface area contributed by atoms with Crippen molar-refractivity contribution in [3.63, 3.8) is 0 Å². The molecule has 1 aliphatic rings. The first-order valence-electron chi connectivity index (χ1n) is 7.23. The summed E-state index contributed by atoms with van der Waals surface area (Å²) in [6.07, 6.45) is 0. The zero-order chi connectivity index (χ0) is 16.9. The lowest BCUT2D eigenvalue weighted by molar-refractivity contribution is -0.127. The summed E-state index contributed by atoms with van der Waals surface area (Å²) in [6.45, 7) is -0.141. The maximum absolute atomic E-state index is 12.3. The van der Waals surface area contributed by atoms with Gasteiger partial charge in [0.1, 0.15) is 6.54 Å². The van der Waals surface area contributed by atoms with Crippen LogP contribution in [0, 0.1) is 0 Å². The van der Waals surface area contributed by atoms with Crippen molar-refractivity contribution in [3.8, 4) is 11.5 Å². The Morgan fingerprint density at radius 1 is 1.08 bits per heavy atom. The minimum absolute atomic E-state index is 0.0515. The minimum Gasteiger partial charge on any atom is -0.493 e. The molecule has 0 saturated heterocycles. The van der Waals surface area contributed by atoms with Crippen LogP contribution < -0.4 is 19.9 Å². The molecule has 0 spiro atoms. The number of carbonyl (C=O) groups is 2. The fraction of sp³-hybridized carbons (Fsp3) is 0.118.